The van der Waals surface area contributed by atoms with Crippen LogP contribution in [0.1, 0.15) is 36.6 Å². The molecule has 3 aromatic carbocycles. The van der Waals surface area contributed by atoms with Crippen LogP contribution < -0.4 is 9.64 Å². The predicted octanol–water partition coefficient (Wildman–Crippen LogP) is 6.96. The summed E-state index contributed by atoms with van der Waals surface area (Å²) in [5, 5.41) is 11.9. The van der Waals surface area contributed by atoms with Gasteiger partial charge in [-0.25, -0.2) is 0 Å². The van der Waals surface area contributed by atoms with E-state index in [1.807, 2.05) is 25.1 Å². The fraction of sp³-hybridized carbons (Fsp3) is 0.214. The highest BCUT2D eigenvalue weighted by atomic mass is 35.5. The molecule has 0 spiro atoms. The number of ketones is 1. The van der Waals surface area contributed by atoms with Gasteiger partial charge in [0.05, 0.1) is 28.3 Å². The van der Waals surface area contributed by atoms with Crippen LogP contribution in [-0.4, -0.2) is 23.4 Å². The molecule has 1 N–H and O–H groups in total. The van der Waals surface area contributed by atoms with Gasteiger partial charge in [-0.3, -0.25) is 14.5 Å². The number of carbonyl (C=O) groups excluding carboxylic acids is 2. The molecule has 1 aliphatic heterocycles. The van der Waals surface area contributed by atoms with Crippen LogP contribution in [0.5, 0.6) is 5.75 Å². The normalized spacial score (nSPS) is 17.3. The average Bonchev–Trinajstić information content (AvgIpc) is 3.10. The number of aliphatic hydroxyl groups excluding tert-OH is 1. The summed E-state index contributed by atoms with van der Waals surface area (Å²) in [5.74, 6) is -0.765. The number of hydrogen-bond acceptors (Lipinski definition) is 4. The van der Waals surface area contributed by atoms with Crippen LogP contribution in [-0.2, 0) is 9.59 Å². The number of nitrogens with zero attached hydrogens (tertiary/aromatic N) is 1. The molecule has 1 aliphatic rings. The van der Waals surface area contributed by atoms with Gasteiger partial charge in [0.2, 0.25) is 0 Å². The van der Waals surface area contributed by atoms with Gasteiger partial charge < -0.3 is 9.84 Å². The molecule has 4 rings (SSSR count). The summed E-state index contributed by atoms with van der Waals surface area (Å²) in [6.07, 6.45) is 0. The van der Waals surface area contributed by atoms with E-state index < -0.39 is 17.7 Å². The van der Waals surface area contributed by atoms with Gasteiger partial charge in [0.1, 0.15) is 11.5 Å². The molecule has 1 amide bonds. The standard InChI is InChI=1S/C28H25Cl2NO4/c1-16(2)15-35-21-10-7-18(8-11-21)26(32)24-25(19-9-12-22(29)23(30)14-19)31(28(34)27(24)33)20-6-4-5-17(3)13-20/h4-14,16,25,32H,15H2,1-3H3/b26-24-. The lowest BCUT2D eigenvalue weighted by molar-refractivity contribution is -0.132. The Morgan fingerprint density at radius 1 is 1.00 bits per heavy atom. The zero-order chi connectivity index (χ0) is 25.3. The molecular formula is C28H25Cl2NO4. The predicted molar refractivity (Wildman–Crippen MR) is 139 cm³/mol. The Morgan fingerprint density at radius 3 is 2.34 bits per heavy atom. The van der Waals surface area contributed by atoms with Crippen molar-refractivity contribution in [3.05, 3.63) is 99.0 Å². The molecular weight excluding hydrogens is 485 g/mol. The number of Topliss-reactive ketones (excluding diaryl/α,β-unsaturated/α-hetero) is 1. The first-order chi connectivity index (χ1) is 16.7. The van der Waals surface area contributed by atoms with E-state index in [0.29, 0.717) is 40.1 Å². The molecule has 1 saturated heterocycles. The topological polar surface area (TPSA) is 66.8 Å². The maximum atomic E-state index is 13.3. The van der Waals surface area contributed by atoms with E-state index in [-0.39, 0.29) is 16.4 Å². The number of anilines is 1. The SMILES string of the molecule is Cc1cccc(N2C(=O)C(=O)/C(=C(\O)c3ccc(OCC(C)C)cc3)C2c2ccc(Cl)c(Cl)c2)c1. The van der Waals surface area contributed by atoms with E-state index in [1.54, 1.807) is 48.5 Å². The summed E-state index contributed by atoms with van der Waals surface area (Å²) in [6.45, 7) is 6.56. The lowest BCUT2D eigenvalue weighted by Crippen LogP contribution is -2.29. The van der Waals surface area contributed by atoms with Crippen LogP contribution >= 0.6 is 23.2 Å². The molecule has 180 valence electrons. The minimum absolute atomic E-state index is 0.0225. The minimum atomic E-state index is -0.886. The Labute approximate surface area is 214 Å². The average molecular weight is 510 g/mol. The fourth-order valence-corrected chi connectivity index (χ4v) is 4.31. The van der Waals surface area contributed by atoms with Crippen molar-refractivity contribution in [2.75, 3.05) is 11.5 Å². The van der Waals surface area contributed by atoms with Crippen LogP contribution in [0.3, 0.4) is 0 Å². The minimum Gasteiger partial charge on any atom is -0.507 e. The van der Waals surface area contributed by atoms with Gasteiger partial charge in [-0.05, 0) is 72.5 Å². The van der Waals surface area contributed by atoms with Gasteiger partial charge in [-0.15, -0.1) is 0 Å². The molecule has 0 aromatic heterocycles. The van der Waals surface area contributed by atoms with Gasteiger partial charge in [-0.2, -0.15) is 0 Å². The second-order valence-electron chi connectivity index (χ2n) is 8.91. The van der Waals surface area contributed by atoms with Gasteiger partial charge >= 0.3 is 0 Å². The summed E-state index contributed by atoms with van der Waals surface area (Å²) in [4.78, 5) is 27.9. The number of hydrogen-bond donors (Lipinski definition) is 1. The molecule has 5 nitrogen and oxygen atoms in total. The van der Waals surface area contributed by atoms with Gasteiger partial charge in [0.15, 0.2) is 0 Å². The highest BCUT2D eigenvalue weighted by molar-refractivity contribution is 6.51. The zero-order valence-electron chi connectivity index (χ0n) is 19.6. The number of ether oxygens (including phenoxy) is 1. The molecule has 3 aromatic rings. The van der Waals surface area contributed by atoms with Gasteiger partial charge in [0, 0.05) is 11.3 Å². The third-order valence-electron chi connectivity index (χ3n) is 5.69. The van der Waals surface area contributed by atoms with Crippen LogP contribution in [0.15, 0.2) is 72.3 Å². The third-order valence-corrected chi connectivity index (χ3v) is 6.43. The van der Waals surface area contributed by atoms with E-state index >= 15 is 0 Å². The number of carbonyl (C=O) groups is 2. The van der Waals surface area contributed by atoms with Crippen molar-refractivity contribution in [2.45, 2.75) is 26.8 Å². The smallest absolute Gasteiger partial charge is 0.300 e. The summed E-state index contributed by atoms with van der Waals surface area (Å²) < 4.78 is 5.71. The van der Waals surface area contributed by atoms with Crippen LogP contribution in [0, 0.1) is 12.8 Å². The van der Waals surface area contributed by atoms with Crippen molar-refractivity contribution in [1.82, 2.24) is 0 Å². The highest BCUT2D eigenvalue weighted by Gasteiger charge is 2.47. The number of aliphatic hydroxyl groups is 1. The first-order valence-electron chi connectivity index (χ1n) is 11.2. The number of amides is 1. The summed E-state index contributed by atoms with van der Waals surface area (Å²) in [6, 6.07) is 18.1. The first-order valence-corrected chi connectivity index (χ1v) is 12.0. The quantitative estimate of drug-likeness (QED) is 0.221. The lowest BCUT2D eigenvalue weighted by atomic mass is 9.95. The van der Waals surface area contributed by atoms with Crippen molar-refractivity contribution in [2.24, 2.45) is 5.92 Å². The molecule has 1 atom stereocenters. The van der Waals surface area contributed by atoms with Crippen molar-refractivity contribution in [3.63, 3.8) is 0 Å². The fourth-order valence-electron chi connectivity index (χ4n) is 4.00. The van der Waals surface area contributed by atoms with Gasteiger partial charge in [0.25, 0.3) is 11.7 Å². The number of rotatable bonds is 6. The molecule has 1 unspecified atom stereocenters. The Bertz CT molecular complexity index is 1310. The van der Waals surface area contributed by atoms with Crippen molar-refractivity contribution in [1.29, 1.82) is 0 Å². The maximum absolute atomic E-state index is 13.3. The highest BCUT2D eigenvalue weighted by Crippen LogP contribution is 2.43. The number of benzene rings is 3. The first kappa shape index (κ1) is 24.8. The van der Waals surface area contributed by atoms with Crippen LogP contribution in [0.2, 0.25) is 10.0 Å². The molecule has 0 bridgehead atoms. The maximum Gasteiger partial charge on any atom is 0.300 e. The summed E-state index contributed by atoms with van der Waals surface area (Å²) >= 11 is 12.4. The van der Waals surface area contributed by atoms with Crippen molar-refractivity contribution < 1.29 is 19.4 Å². The summed E-state index contributed by atoms with van der Waals surface area (Å²) in [7, 11) is 0. The molecule has 1 fully saturated rings. The van der Waals surface area contributed by atoms with E-state index in [0.717, 1.165) is 5.56 Å². The number of aryl methyl sites for hydroxylation is 1. The molecule has 0 radical (unpaired) electrons. The Hall–Kier alpha value is -3.28. The second kappa shape index (κ2) is 10.1. The molecule has 0 aliphatic carbocycles. The zero-order valence-corrected chi connectivity index (χ0v) is 21.1. The molecule has 1 heterocycles. The van der Waals surface area contributed by atoms with E-state index in [9.17, 15) is 14.7 Å². The van der Waals surface area contributed by atoms with Gasteiger partial charge in [-0.1, -0.05) is 55.2 Å². The lowest BCUT2D eigenvalue weighted by Gasteiger charge is -2.26. The molecule has 35 heavy (non-hydrogen) atoms. The van der Waals surface area contributed by atoms with Crippen LogP contribution in [0.4, 0.5) is 5.69 Å². The monoisotopic (exact) mass is 509 g/mol. The number of halogens is 2. The Balaban J connectivity index is 1.84. The largest absolute Gasteiger partial charge is 0.507 e. The summed E-state index contributed by atoms with van der Waals surface area (Å²) in [5.41, 5.74) is 2.40. The van der Waals surface area contributed by atoms with E-state index in [4.69, 9.17) is 27.9 Å². The van der Waals surface area contributed by atoms with Crippen molar-refractivity contribution >= 4 is 46.3 Å². The Morgan fingerprint density at radius 2 is 1.71 bits per heavy atom. The second-order valence-corrected chi connectivity index (χ2v) is 9.73. The molecule has 7 heteroatoms. The van der Waals surface area contributed by atoms with E-state index in [2.05, 4.69) is 13.8 Å². The Kier molecular flexibility index (Phi) is 7.20. The third kappa shape index (κ3) is 5.07. The molecule has 0 saturated carbocycles. The van der Waals surface area contributed by atoms with E-state index in [1.165, 1.54) is 4.90 Å². The van der Waals surface area contributed by atoms with Crippen LogP contribution in [0.25, 0.3) is 5.76 Å². The van der Waals surface area contributed by atoms with Crippen molar-refractivity contribution in [3.8, 4) is 5.75 Å².